The first-order valence-corrected chi connectivity index (χ1v) is 8.40. The Kier molecular flexibility index (Phi) is 5.60. The molecule has 0 aliphatic carbocycles. The zero-order chi connectivity index (χ0) is 15.6. The highest BCUT2D eigenvalue weighted by Crippen LogP contribution is 2.30. The normalized spacial score (nSPS) is 12.4. The van der Waals surface area contributed by atoms with Gasteiger partial charge in [0, 0.05) is 16.4 Å². The van der Waals surface area contributed by atoms with E-state index in [-0.39, 0.29) is 22.8 Å². The van der Waals surface area contributed by atoms with Gasteiger partial charge in [-0.25, -0.2) is 13.1 Å². The average Bonchev–Trinajstić information content (AvgIpc) is 2.24. The Morgan fingerprint density at radius 2 is 2.05 bits per heavy atom. The molecule has 0 aromatic heterocycles. The monoisotopic (exact) mass is 383 g/mol. The molecule has 0 heterocycles. The highest BCUT2D eigenvalue weighted by Gasteiger charge is 2.29. The third-order valence-electron chi connectivity index (χ3n) is 2.56. The number of hydrogen-bond donors (Lipinski definition) is 2. The van der Waals surface area contributed by atoms with Crippen molar-refractivity contribution in [2.45, 2.75) is 37.1 Å². The van der Waals surface area contributed by atoms with Crippen LogP contribution < -0.4 is 4.72 Å². The van der Waals surface area contributed by atoms with Gasteiger partial charge in [-0.2, -0.15) is 0 Å². The lowest BCUT2D eigenvalue weighted by atomic mass is 10.0. The number of carboxylic acid groups (broad SMARTS) is 1. The second kappa shape index (κ2) is 6.43. The Hall–Kier alpha value is -0.630. The number of halogens is 2. The molecule has 112 valence electrons. The summed E-state index contributed by atoms with van der Waals surface area (Å²) in [6.07, 6.45) is 0.0445. The molecule has 2 N–H and O–H groups in total. The van der Waals surface area contributed by atoms with Gasteiger partial charge in [0.05, 0.1) is 5.02 Å². The van der Waals surface area contributed by atoms with Crippen LogP contribution >= 0.6 is 27.5 Å². The summed E-state index contributed by atoms with van der Waals surface area (Å²) in [5.74, 6) is -0.976. The Bertz CT molecular complexity index is 596. The second-order valence-corrected chi connectivity index (χ2v) is 7.81. The fourth-order valence-electron chi connectivity index (χ4n) is 1.62. The maximum atomic E-state index is 12.4. The van der Waals surface area contributed by atoms with E-state index in [2.05, 4.69) is 20.7 Å². The quantitative estimate of drug-likeness (QED) is 0.789. The van der Waals surface area contributed by atoms with Crippen molar-refractivity contribution >= 4 is 43.5 Å². The van der Waals surface area contributed by atoms with Gasteiger partial charge < -0.3 is 5.11 Å². The minimum absolute atomic E-state index is 0.0509. The van der Waals surface area contributed by atoms with E-state index in [1.807, 2.05) is 0 Å². The Labute approximate surface area is 131 Å². The minimum Gasteiger partial charge on any atom is -0.481 e. The van der Waals surface area contributed by atoms with E-state index in [9.17, 15) is 13.2 Å². The fraction of sp³-hybridized carbons (Fsp3) is 0.417. The van der Waals surface area contributed by atoms with Crippen molar-refractivity contribution in [2.24, 2.45) is 0 Å². The highest BCUT2D eigenvalue weighted by molar-refractivity contribution is 9.10. The molecule has 0 saturated carbocycles. The molecular weight excluding hydrogens is 370 g/mol. The van der Waals surface area contributed by atoms with Crippen LogP contribution in [0.15, 0.2) is 27.6 Å². The third-order valence-corrected chi connectivity index (χ3v) is 5.71. The molecule has 0 aliphatic heterocycles. The molecule has 8 heteroatoms. The summed E-state index contributed by atoms with van der Waals surface area (Å²) in [5.41, 5.74) is -0.893. The van der Waals surface area contributed by atoms with E-state index in [1.165, 1.54) is 6.07 Å². The first kappa shape index (κ1) is 17.4. The fourth-order valence-corrected chi connectivity index (χ4v) is 4.80. The van der Waals surface area contributed by atoms with Gasteiger partial charge >= 0.3 is 5.97 Å². The van der Waals surface area contributed by atoms with E-state index in [0.29, 0.717) is 4.47 Å². The average molecular weight is 385 g/mol. The smallest absolute Gasteiger partial charge is 0.303 e. The molecular formula is C12H15BrClNO4S. The van der Waals surface area contributed by atoms with E-state index < -0.39 is 21.5 Å². The van der Waals surface area contributed by atoms with Crippen LogP contribution in [0, 0.1) is 0 Å². The first-order chi connectivity index (χ1) is 9.05. The SMILES string of the molecule is CC(C)(CCC(=O)O)NS(=O)(=O)c1c(Cl)cccc1Br. The number of carboxylic acids is 1. The van der Waals surface area contributed by atoms with Crippen LogP contribution in [0.3, 0.4) is 0 Å². The molecule has 0 fully saturated rings. The number of aliphatic carboxylic acids is 1. The van der Waals surface area contributed by atoms with Gasteiger partial charge in [0.15, 0.2) is 0 Å². The van der Waals surface area contributed by atoms with Crippen LogP contribution in [0.25, 0.3) is 0 Å². The number of hydrogen-bond acceptors (Lipinski definition) is 3. The number of nitrogens with one attached hydrogen (secondary N) is 1. The topological polar surface area (TPSA) is 83.5 Å². The van der Waals surface area contributed by atoms with Crippen molar-refractivity contribution in [3.8, 4) is 0 Å². The molecule has 0 saturated heterocycles. The summed E-state index contributed by atoms with van der Waals surface area (Å²) in [4.78, 5) is 10.5. The van der Waals surface area contributed by atoms with Crippen molar-refractivity contribution in [3.63, 3.8) is 0 Å². The van der Waals surface area contributed by atoms with E-state index in [1.54, 1.807) is 26.0 Å². The van der Waals surface area contributed by atoms with Crippen molar-refractivity contribution in [1.29, 1.82) is 0 Å². The standard InChI is InChI=1S/C12H15BrClNO4S/c1-12(2,7-6-10(16)17)15-20(18,19)11-8(13)4-3-5-9(11)14/h3-5,15H,6-7H2,1-2H3,(H,16,17). The van der Waals surface area contributed by atoms with Crippen LogP contribution in [-0.2, 0) is 14.8 Å². The summed E-state index contributed by atoms with van der Waals surface area (Å²) < 4.78 is 27.6. The zero-order valence-electron chi connectivity index (χ0n) is 11.0. The number of benzene rings is 1. The summed E-state index contributed by atoms with van der Waals surface area (Å²) in [6.45, 7) is 3.25. The lowest BCUT2D eigenvalue weighted by Crippen LogP contribution is -2.43. The molecule has 0 aliphatic rings. The zero-order valence-corrected chi connectivity index (χ0v) is 14.1. The first-order valence-electron chi connectivity index (χ1n) is 5.75. The van der Waals surface area contributed by atoms with Gasteiger partial charge in [0.25, 0.3) is 0 Å². The molecule has 1 aromatic carbocycles. The predicted molar refractivity (Wildman–Crippen MR) is 80.4 cm³/mol. The molecule has 1 aromatic rings. The van der Waals surface area contributed by atoms with Crippen molar-refractivity contribution in [1.82, 2.24) is 4.72 Å². The van der Waals surface area contributed by atoms with Crippen LogP contribution in [0.5, 0.6) is 0 Å². The second-order valence-electron chi connectivity index (χ2n) is 4.93. The van der Waals surface area contributed by atoms with Gasteiger partial charge in [0.1, 0.15) is 4.90 Å². The van der Waals surface area contributed by atoms with Gasteiger partial charge in [0.2, 0.25) is 10.0 Å². The largest absolute Gasteiger partial charge is 0.481 e. The molecule has 20 heavy (non-hydrogen) atoms. The van der Waals surface area contributed by atoms with Crippen molar-refractivity contribution in [3.05, 3.63) is 27.7 Å². The highest BCUT2D eigenvalue weighted by atomic mass is 79.9. The van der Waals surface area contributed by atoms with Crippen LogP contribution in [0.2, 0.25) is 5.02 Å². The molecule has 0 bridgehead atoms. The molecule has 0 radical (unpaired) electrons. The lowest BCUT2D eigenvalue weighted by molar-refractivity contribution is -0.137. The molecule has 0 amide bonds. The number of carbonyl (C=O) groups is 1. The van der Waals surface area contributed by atoms with E-state index in [0.717, 1.165) is 0 Å². The van der Waals surface area contributed by atoms with Gasteiger partial charge in [-0.05, 0) is 48.3 Å². The minimum atomic E-state index is -3.85. The predicted octanol–water partition coefficient (Wildman–Crippen LogP) is 3.02. The Morgan fingerprint density at radius 3 is 2.55 bits per heavy atom. The van der Waals surface area contributed by atoms with Gasteiger partial charge in [-0.3, -0.25) is 4.79 Å². The van der Waals surface area contributed by atoms with Crippen LogP contribution in [-0.4, -0.2) is 25.0 Å². The Morgan fingerprint density at radius 1 is 1.45 bits per heavy atom. The maximum Gasteiger partial charge on any atom is 0.303 e. The van der Waals surface area contributed by atoms with Crippen molar-refractivity contribution < 1.29 is 18.3 Å². The van der Waals surface area contributed by atoms with Crippen molar-refractivity contribution in [2.75, 3.05) is 0 Å². The van der Waals surface area contributed by atoms with Crippen LogP contribution in [0.4, 0.5) is 0 Å². The lowest BCUT2D eigenvalue weighted by Gasteiger charge is -2.25. The summed E-state index contributed by atoms with van der Waals surface area (Å²) in [6, 6.07) is 4.68. The molecule has 0 atom stereocenters. The molecule has 5 nitrogen and oxygen atoms in total. The van der Waals surface area contributed by atoms with Gasteiger partial charge in [-0.15, -0.1) is 0 Å². The number of sulfonamides is 1. The molecule has 0 unspecified atom stereocenters. The van der Waals surface area contributed by atoms with E-state index >= 15 is 0 Å². The van der Waals surface area contributed by atoms with Gasteiger partial charge in [-0.1, -0.05) is 17.7 Å². The third kappa shape index (κ3) is 4.73. The maximum absolute atomic E-state index is 12.4. The summed E-state index contributed by atoms with van der Waals surface area (Å²) in [5, 5.41) is 8.77. The molecule has 0 spiro atoms. The summed E-state index contributed by atoms with van der Waals surface area (Å²) >= 11 is 9.08. The number of rotatable bonds is 6. The van der Waals surface area contributed by atoms with Crippen LogP contribution in [0.1, 0.15) is 26.7 Å². The molecule has 1 rings (SSSR count). The Balaban J connectivity index is 3.03. The van der Waals surface area contributed by atoms with E-state index in [4.69, 9.17) is 16.7 Å². The summed E-state index contributed by atoms with van der Waals surface area (Å²) in [7, 11) is -3.85.